The zero-order chi connectivity index (χ0) is 14.5. The van der Waals surface area contributed by atoms with Crippen LogP contribution in [-0.4, -0.2) is 19.9 Å². The molecule has 19 heavy (non-hydrogen) atoms. The maximum absolute atomic E-state index is 12.0. The van der Waals surface area contributed by atoms with Gasteiger partial charge in [0.05, 0.1) is 10.6 Å². The first-order chi connectivity index (χ1) is 8.88. The van der Waals surface area contributed by atoms with E-state index in [4.69, 9.17) is 5.73 Å². The first-order valence-electron chi connectivity index (χ1n) is 5.92. The lowest BCUT2D eigenvalue weighted by molar-refractivity contribution is -0.385. The highest BCUT2D eigenvalue weighted by Gasteiger charge is 2.20. The van der Waals surface area contributed by atoms with Crippen LogP contribution in [0.2, 0.25) is 0 Å². The van der Waals surface area contributed by atoms with Crippen molar-refractivity contribution >= 4 is 21.4 Å². The second-order valence-corrected chi connectivity index (χ2v) is 5.82. The third kappa shape index (κ3) is 4.18. The van der Waals surface area contributed by atoms with E-state index in [0.29, 0.717) is 6.42 Å². The van der Waals surface area contributed by atoms with Crippen molar-refractivity contribution in [2.75, 3.05) is 12.3 Å². The number of hydrogen-bond donors (Lipinski definition) is 2. The average molecular weight is 287 g/mol. The molecule has 1 aromatic rings. The molecular weight excluding hydrogens is 270 g/mol. The molecule has 0 aliphatic rings. The number of nitrogens with zero attached hydrogens (tertiary/aromatic N) is 1. The van der Waals surface area contributed by atoms with Crippen LogP contribution < -0.4 is 10.5 Å². The van der Waals surface area contributed by atoms with Crippen LogP contribution in [-0.2, 0) is 10.0 Å². The summed E-state index contributed by atoms with van der Waals surface area (Å²) in [5.74, 6) is 0. The highest BCUT2D eigenvalue weighted by Crippen LogP contribution is 2.23. The number of benzene rings is 1. The summed E-state index contributed by atoms with van der Waals surface area (Å²) in [6.07, 6.45) is 2.60. The van der Waals surface area contributed by atoms with Gasteiger partial charge in [-0.05, 0) is 12.5 Å². The predicted molar refractivity (Wildman–Crippen MR) is 72.2 cm³/mol. The fourth-order valence-corrected chi connectivity index (χ4v) is 2.75. The monoisotopic (exact) mass is 287 g/mol. The van der Waals surface area contributed by atoms with Crippen LogP contribution in [0.4, 0.5) is 11.4 Å². The van der Waals surface area contributed by atoms with Gasteiger partial charge in [-0.15, -0.1) is 0 Å². The van der Waals surface area contributed by atoms with Gasteiger partial charge in [0.15, 0.2) is 0 Å². The van der Waals surface area contributed by atoms with Gasteiger partial charge in [-0.2, -0.15) is 0 Å². The van der Waals surface area contributed by atoms with E-state index in [-0.39, 0.29) is 22.8 Å². The first kappa shape index (κ1) is 15.4. The van der Waals surface area contributed by atoms with Crippen LogP contribution in [0.1, 0.15) is 26.2 Å². The standard InChI is InChI=1S/C11H17N3O4S/c1-2-3-4-7-13-19(17,18)11-8-9(14(15)16)5-6-10(11)12/h5-6,8,13H,2-4,7,12H2,1H3. The van der Waals surface area contributed by atoms with E-state index in [1.54, 1.807) is 0 Å². The molecule has 0 bridgehead atoms. The summed E-state index contributed by atoms with van der Waals surface area (Å²) in [4.78, 5) is 9.73. The molecule has 0 amide bonds. The van der Waals surface area contributed by atoms with E-state index in [1.807, 2.05) is 6.92 Å². The molecule has 3 N–H and O–H groups in total. The van der Waals surface area contributed by atoms with Crippen molar-refractivity contribution in [3.63, 3.8) is 0 Å². The fraction of sp³-hybridized carbons (Fsp3) is 0.455. The maximum atomic E-state index is 12.0. The van der Waals surface area contributed by atoms with Crippen LogP contribution in [0.5, 0.6) is 0 Å². The molecule has 0 fully saturated rings. The third-order valence-electron chi connectivity index (χ3n) is 2.57. The molecule has 1 rings (SSSR count). The summed E-state index contributed by atoms with van der Waals surface area (Å²) < 4.78 is 26.3. The van der Waals surface area contributed by atoms with E-state index < -0.39 is 14.9 Å². The van der Waals surface area contributed by atoms with Crippen LogP contribution in [0.15, 0.2) is 23.1 Å². The second kappa shape index (κ2) is 6.48. The molecule has 0 saturated carbocycles. The van der Waals surface area contributed by atoms with Crippen molar-refractivity contribution in [3.8, 4) is 0 Å². The van der Waals surface area contributed by atoms with Crippen molar-refractivity contribution in [1.82, 2.24) is 4.72 Å². The Morgan fingerprint density at radius 1 is 1.37 bits per heavy atom. The summed E-state index contributed by atoms with van der Waals surface area (Å²) in [7, 11) is -3.81. The van der Waals surface area contributed by atoms with Gasteiger partial charge in [0.2, 0.25) is 10.0 Å². The summed E-state index contributed by atoms with van der Waals surface area (Å²) in [5.41, 5.74) is 5.26. The van der Waals surface area contributed by atoms with Crippen LogP contribution in [0.25, 0.3) is 0 Å². The Labute approximate surface area is 112 Å². The normalized spacial score (nSPS) is 11.4. The molecule has 7 nitrogen and oxygen atoms in total. The molecule has 1 aromatic carbocycles. The Hall–Kier alpha value is -1.67. The molecule has 0 aromatic heterocycles. The van der Waals surface area contributed by atoms with E-state index >= 15 is 0 Å². The zero-order valence-corrected chi connectivity index (χ0v) is 11.4. The average Bonchev–Trinajstić information content (AvgIpc) is 2.34. The van der Waals surface area contributed by atoms with Gasteiger partial charge in [0.25, 0.3) is 5.69 Å². The van der Waals surface area contributed by atoms with Gasteiger partial charge in [-0.3, -0.25) is 10.1 Å². The van der Waals surface area contributed by atoms with Gasteiger partial charge in [-0.1, -0.05) is 19.8 Å². The molecule has 0 aliphatic carbocycles. The van der Waals surface area contributed by atoms with E-state index in [9.17, 15) is 18.5 Å². The quantitative estimate of drug-likeness (QED) is 0.342. The molecule has 0 heterocycles. The number of nitrogens with two attached hydrogens (primary N) is 1. The molecule has 0 spiro atoms. The minimum absolute atomic E-state index is 0.00593. The molecule has 0 saturated heterocycles. The van der Waals surface area contributed by atoms with Crippen molar-refractivity contribution in [2.24, 2.45) is 0 Å². The van der Waals surface area contributed by atoms with Gasteiger partial charge < -0.3 is 5.73 Å². The summed E-state index contributed by atoms with van der Waals surface area (Å²) in [5, 5.41) is 10.6. The number of anilines is 1. The molecule has 106 valence electrons. The molecule has 0 aliphatic heterocycles. The number of nitrogen functional groups attached to an aromatic ring is 1. The van der Waals surface area contributed by atoms with E-state index in [2.05, 4.69) is 4.72 Å². The van der Waals surface area contributed by atoms with Gasteiger partial charge in [0, 0.05) is 18.7 Å². The summed E-state index contributed by atoms with van der Waals surface area (Å²) in [6.45, 7) is 2.30. The SMILES string of the molecule is CCCCCNS(=O)(=O)c1cc([N+](=O)[O-])ccc1N. The van der Waals surface area contributed by atoms with E-state index in [0.717, 1.165) is 18.9 Å². The molecule has 0 atom stereocenters. The third-order valence-corrected chi connectivity index (χ3v) is 4.09. The Balaban J connectivity index is 2.94. The Kier molecular flexibility index (Phi) is 5.25. The number of unbranched alkanes of at least 4 members (excludes halogenated alkanes) is 2. The number of non-ortho nitro benzene ring substituents is 1. The van der Waals surface area contributed by atoms with Crippen LogP contribution in [0, 0.1) is 10.1 Å². The van der Waals surface area contributed by atoms with Crippen molar-refractivity contribution in [2.45, 2.75) is 31.1 Å². The van der Waals surface area contributed by atoms with E-state index in [1.165, 1.54) is 12.1 Å². The zero-order valence-electron chi connectivity index (χ0n) is 10.6. The number of nitro benzene ring substituents is 1. The van der Waals surface area contributed by atoms with Crippen LogP contribution >= 0.6 is 0 Å². The lowest BCUT2D eigenvalue weighted by Crippen LogP contribution is -2.25. The highest BCUT2D eigenvalue weighted by atomic mass is 32.2. The number of rotatable bonds is 7. The van der Waals surface area contributed by atoms with Crippen LogP contribution in [0.3, 0.4) is 0 Å². The van der Waals surface area contributed by atoms with Crippen molar-refractivity contribution < 1.29 is 13.3 Å². The minimum atomic E-state index is -3.81. The van der Waals surface area contributed by atoms with Crippen molar-refractivity contribution in [3.05, 3.63) is 28.3 Å². The second-order valence-electron chi connectivity index (χ2n) is 4.08. The Morgan fingerprint density at radius 2 is 2.05 bits per heavy atom. The largest absolute Gasteiger partial charge is 0.398 e. The predicted octanol–water partition coefficient (Wildman–Crippen LogP) is 1.65. The maximum Gasteiger partial charge on any atom is 0.270 e. The Bertz CT molecular complexity index is 557. The molecular formula is C11H17N3O4S. The minimum Gasteiger partial charge on any atom is -0.398 e. The topological polar surface area (TPSA) is 115 Å². The Morgan fingerprint density at radius 3 is 2.63 bits per heavy atom. The number of nitrogens with one attached hydrogen (secondary N) is 1. The van der Waals surface area contributed by atoms with Gasteiger partial charge in [-0.25, -0.2) is 13.1 Å². The summed E-state index contributed by atoms with van der Waals surface area (Å²) >= 11 is 0. The highest BCUT2D eigenvalue weighted by molar-refractivity contribution is 7.89. The fourth-order valence-electron chi connectivity index (χ4n) is 1.53. The molecule has 8 heteroatoms. The van der Waals surface area contributed by atoms with Gasteiger partial charge in [0.1, 0.15) is 4.90 Å². The molecule has 0 unspecified atom stereocenters. The summed E-state index contributed by atoms with van der Waals surface area (Å²) in [6, 6.07) is 3.36. The number of hydrogen-bond acceptors (Lipinski definition) is 5. The van der Waals surface area contributed by atoms with Gasteiger partial charge >= 0.3 is 0 Å². The molecule has 0 radical (unpaired) electrons. The lowest BCUT2D eigenvalue weighted by atomic mass is 10.3. The first-order valence-corrected chi connectivity index (χ1v) is 7.40. The number of sulfonamides is 1. The van der Waals surface area contributed by atoms with Crippen molar-refractivity contribution in [1.29, 1.82) is 0 Å². The lowest BCUT2D eigenvalue weighted by Gasteiger charge is -2.08. The number of nitro groups is 1. The smallest absolute Gasteiger partial charge is 0.270 e.